The Morgan fingerprint density at radius 1 is 1.35 bits per heavy atom. The molecule has 0 bridgehead atoms. The minimum atomic E-state index is -0.0399. The molecule has 1 aliphatic rings. The van der Waals surface area contributed by atoms with E-state index in [1.165, 1.54) is 0 Å². The highest BCUT2D eigenvalue weighted by Gasteiger charge is 2.33. The van der Waals surface area contributed by atoms with Gasteiger partial charge < -0.3 is 15.3 Å². The highest BCUT2D eigenvalue weighted by Crippen LogP contribution is 2.34. The number of para-hydroxylation sites is 1. The van der Waals surface area contributed by atoms with Crippen LogP contribution in [0, 0.1) is 12.3 Å². The summed E-state index contributed by atoms with van der Waals surface area (Å²) in [6.45, 7) is 5.74. The summed E-state index contributed by atoms with van der Waals surface area (Å²) < 4.78 is 0. The number of amides is 2. The van der Waals surface area contributed by atoms with Crippen LogP contribution < -0.4 is 5.32 Å². The first kappa shape index (κ1) is 14.9. The Bertz CT molecular complexity index is 459. The van der Waals surface area contributed by atoms with Crippen LogP contribution in [0.4, 0.5) is 10.5 Å². The number of aliphatic hydroxyl groups excluding tert-OH is 1. The molecular formula is C16H24N2O2. The number of aryl methyl sites for hydroxylation is 1. The number of carbonyl (C=O) groups is 1. The van der Waals surface area contributed by atoms with Crippen molar-refractivity contribution in [1.82, 2.24) is 4.90 Å². The number of benzene rings is 1. The first-order valence-electron chi connectivity index (χ1n) is 7.33. The molecule has 0 aromatic heterocycles. The lowest BCUT2D eigenvalue weighted by Crippen LogP contribution is -2.46. The lowest BCUT2D eigenvalue weighted by atomic mass is 9.77. The molecule has 2 amide bonds. The van der Waals surface area contributed by atoms with Crippen LogP contribution in [0.3, 0.4) is 0 Å². The van der Waals surface area contributed by atoms with E-state index in [1.807, 2.05) is 36.1 Å². The molecule has 0 unspecified atom stereocenters. The molecule has 1 aromatic rings. The number of aliphatic hydroxyl groups is 1. The zero-order chi connectivity index (χ0) is 14.6. The molecule has 110 valence electrons. The van der Waals surface area contributed by atoms with Crippen molar-refractivity contribution in [3.63, 3.8) is 0 Å². The number of carbonyl (C=O) groups excluding carboxylic acids is 1. The number of nitrogens with zero attached hydrogens (tertiary/aromatic N) is 1. The molecule has 1 fully saturated rings. The van der Waals surface area contributed by atoms with Crippen LogP contribution in [0.5, 0.6) is 0 Å². The van der Waals surface area contributed by atoms with E-state index < -0.39 is 0 Å². The van der Waals surface area contributed by atoms with Crippen LogP contribution in [0.2, 0.25) is 0 Å². The van der Waals surface area contributed by atoms with E-state index in [0.29, 0.717) is 13.1 Å². The van der Waals surface area contributed by atoms with Crippen molar-refractivity contribution in [3.05, 3.63) is 29.8 Å². The normalized spacial score (nSPS) is 17.9. The fourth-order valence-electron chi connectivity index (χ4n) is 2.72. The maximum absolute atomic E-state index is 12.3. The Morgan fingerprint density at radius 3 is 2.55 bits per heavy atom. The predicted molar refractivity (Wildman–Crippen MR) is 80.8 cm³/mol. The van der Waals surface area contributed by atoms with E-state index in [4.69, 9.17) is 0 Å². The van der Waals surface area contributed by atoms with Crippen LogP contribution in [-0.4, -0.2) is 35.7 Å². The summed E-state index contributed by atoms with van der Waals surface area (Å²) in [6.07, 6.45) is 2.72. The van der Waals surface area contributed by atoms with Gasteiger partial charge in [-0.05, 0) is 43.2 Å². The van der Waals surface area contributed by atoms with Crippen molar-refractivity contribution in [3.8, 4) is 0 Å². The Balaban J connectivity index is 1.94. The van der Waals surface area contributed by atoms with Gasteiger partial charge in [0.05, 0.1) is 0 Å². The number of piperidine rings is 1. The molecule has 4 heteroatoms. The van der Waals surface area contributed by atoms with Gasteiger partial charge in [0.1, 0.15) is 0 Å². The maximum Gasteiger partial charge on any atom is 0.321 e. The predicted octanol–water partition coefficient (Wildman–Crippen LogP) is 3.01. The lowest BCUT2D eigenvalue weighted by molar-refractivity contribution is 0.0542. The van der Waals surface area contributed by atoms with Crippen LogP contribution in [-0.2, 0) is 0 Å². The molecule has 1 aliphatic heterocycles. The van der Waals surface area contributed by atoms with E-state index in [0.717, 1.165) is 30.5 Å². The molecule has 0 aliphatic carbocycles. The molecule has 1 aromatic carbocycles. The van der Waals surface area contributed by atoms with Gasteiger partial charge in [-0.15, -0.1) is 0 Å². The lowest BCUT2D eigenvalue weighted by Gasteiger charge is -2.40. The number of rotatable bonds is 3. The van der Waals surface area contributed by atoms with Gasteiger partial charge >= 0.3 is 6.03 Å². The second kappa shape index (κ2) is 6.27. The third-order valence-corrected chi connectivity index (χ3v) is 4.58. The Labute approximate surface area is 120 Å². The smallest absolute Gasteiger partial charge is 0.321 e. The summed E-state index contributed by atoms with van der Waals surface area (Å²) >= 11 is 0. The summed E-state index contributed by atoms with van der Waals surface area (Å²) in [5, 5.41) is 12.5. The third kappa shape index (κ3) is 3.12. The quantitative estimate of drug-likeness (QED) is 0.891. The fraction of sp³-hybridized carbons (Fsp3) is 0.562. The highest BCUT2D eigenvalue weighted by molar-refractivity contribution is 5.90. The van der Waals surface area contributed by atoms with Crippen molar-refractivity contribution < 1.29 is 9.90 Å². The molecule has 0 spiro atoms. The summed E-state index contributed by atoms with van der Waals surface area (Å²) in [6, 6.07) is 7.75. The minimum Gasteiger partial charge on any atom is -0.396 e. The number of hydrogen-bond acceptors (Lipinski definition) is 2. The van der Waals surface area contributed by atoms with Crippen molar-refractivity contribution in [2.75, 3.05) is 25.0 Å². The average molecular weight is 276 g/mol. The molecule has 0 radical (unpaired) electrons. The molecule has 20 heavy (non-hydrogen) atoms. The largest absolute Gasteiger partial charge is 0.396 e. The van der Waals surface area contributed by atoms with Crippen LogP contribution >= 0.6 is 0 Å². The van der Waals surface area contributed by atoms with E-state index in [9.17, 15) is 9.90 Å². The molecule has 2 N–H and O–H groups in total. The maximum atomic E-state index is 12.3. The molecule has 0 atom stereocenters. The van der Waals surface area contributed by atoms with Gasteiger partial charge in [0.2, 0.25) is 0 Å². The number of urea groups is 1. The number of hydrogen-bond donors (Lipinski definition) is 2. The highest BCUT2D eigenvalue weighted by atomic mass is 16.3. The summed E-state index contributed by atoms with van der Waals surface area (Å²) in [4.78, 5) is 14.1. The monoisotopic (exact) mass is 276 g/mol. The summed E-state index contributed by atoms with van der Waals surface area (Å²) in [5.74, 6) is 0. The van der Waals surface area contributed by atoms with Gasteiger partial charge in [0.15, 0.2) is 0 Å². The van der Waals surface area contributed by atoms with E-state index >= 15 is 0 Å². The van der Waals surface area contributed by atoms with E-state index in [-0.39, 0.29) is 18.1 Å². The summed E-state index contributed by atoms with van der Waals surface area (Å²) in [5.41, 5.74) is 1.95. The molecular weight excluding hydrogens is 252 g/mol. The van der Waals surface area contributed by atoms with Crippen molar-refractivity contribution in [1.29, 1.82) is 0 Å². The Morgan fingerprint density at radius 2 is 2.00 bits per heavy atom. The molecule has 1 saturated heterocycles. The molecule has 1 heterocycles. The van der Waals surface area contributed by atoms with Gasteiger partial charge in [-0.1, -0.05) is 25.1 Å². The Hall–Kier alpha value is -1.55. The van der Waals surface area contributed by atoms with Gasteiger partial charge in [0.25, 0.3) is 0 Å². The van der Waals surface area contributed by atoms with E-state index in [1.54, 1.807) is 0 Å². The van der Waals surface area contributed by atoms with Crippen molar-refractivity contribution in [2.45, 2.75) is 33.1 Å². The van der Waals surface area contributed by atoms with Gasteiger partial charge in [-0.2, -0.15) is 0 Å². The van der Waals surface area contributed by atoms with E-state index in [2.05, 4.69) is 12.2 Å². The zero-order valence-electron chi connectivity index (χ0n) is 12.4. The molecule has 2 rings (SSSR count). The van der Waals surface area contributed by atoms with Crippen LogP contribution in [0.25, 0.3) is 0 Å². The van der Waals surface area contributed by atoms with Gasteiger partial charge in [-0.3, -0.25) is 0 Å². The standard InChI is InChI=1S/C16H24N2O2/c1-3-16(12-19)8-10-18(11-9-16)15(20)17-14-7-5-4-6-13(14)2/h4-7,19H,3,8-12H2,1-2H3,(H,17,20). The minimum absolute atomic E-state index is 0.0133. The first-order chi connectivity index (χ1) is 9.60. The van der Waals surface area contributed by atoms with Crippen molar-refractivity contribution >= 4 is 11.7 Å². The fourth-order valence-corrected chi connectivity index (χ4v) is 2.72. The third-order valence-electron chi connectivity index (χ3n) is 4.58. The second-order valence-electron chi connectivity index (χ2n) is 5.74. The second-order valence-corrected chi connectivity index (χ2v) is 5.74. The summed E-state index contributed by atoms with van der Waals surface area (Å²) in [7, 11) is 0. The Kier molecular flexibility index (Phi) is 4.65. The number of likely N-dealkylation sites (tertiary alicyclic amines) is 1. The molecule has 0 saturated carbocycles. The average Bonchev–Trinajstić information content (AvgIpc) is 2.49. The molecule has 4 nitrogen and oxygen atoms in total. The first-order valence-corrected chi connectivity index (χ1v) is 7.33. The topological polar surface area (TPSA) is 52.6 Å². The zero-order valence-corrected chi connectivity index (χ0v) is 12.4. The SMILES string of the molecule is CCC1(CO)CCN(C(=O)Nc2ccccc2C)CC1. The van der Waals surface area contributed by atoms with Crippen LogP contribution in [0.15, 0.2) is 24.3 Å². The van der Waals surface area contributed by atoms with Gasteiger partial charge in [0, 0.05) is 25.4 Å². The van der Waals surface area contributed by atoms with Gasteiger partial charge in [-0.25, -0.2) is 4.79 Å². The number of anilines is 1. The van der Waals surface area contributed by atoms with Crippen molar-refractivity contribution in [2.24, 2.45) is 5.41 Å². The van der Waals surface area contributed by atoms with Crippen LogP contribution in [0.1, 0.15) is 31.7 Å². The number of nitrogens with one attached hydrogen (secondary N) is 1.